The van der Waals surface area contributed by atoms with Crippen LogP contribution in [0.4, 0.5) is 5.69 Å². The van der Waals surface area contributed by atoms with Gasteiger partial charge in [-0.05, 0) is 56.5 Å². The molecule has 0 aliphatic carbocycles. The Labute approximate surface area is 243 Å². The van der Waals surface area contributed by atoms with Crippen molar-refractivity contribution in [3.8, 4) is 11.5 Å². The molecule has 5 aromatic rings. The van der Waals surface area contributed by atoms with Gasteiger partial charge in [0.05, 0.1) is 30.7 Å². The van der Waals surface area contributed by atoms with Gasteiger partial charge in [0.25, 0.3) is 0 Å². The number of thioether (sulfide) groups is 1. The monoisotopic (exact) mass is 573 g/mol. The van der Waals surface area contributed by atoms with Crippen LogP contribution in [0.3, 0.4) is 0 Å². The van der Waals surface area contributed by atoms with Crippen LogP contribution in [0, 0.1) is 13.8 Å². The molecule has 3 heterocycles. The molecule has 2 aromatic carbocycles. The lowest BCUT2D eigenvalue weighted by molar-refractivity contribution is -0.115. The number of aromatic nitrogens is 6. The van der Waals surface area contributed by atoms with Crippen LogP contribution in [0.5, 0.6) is 11.5 Å². The third-order valence-corrected chi connectivity index (χ3v) is 8.29. The predicted octanol–water partition coefficient (Wildman–Crippen LogP) is 5.42. The second kappa shape index (κ2) is 12.2. The number of nitrogens with one attached hydrogen (secondary N) is 1. The number of methoxy groups -OCH3 is 2. The van der Waals surface area contributed by atoms with E-state index in [2.05, 4.69) is 23.4 Å². The summed E-state index contributed by atoms with van der Waals surface area (Å²) in [4.78, 5) is 23.2. The Morgan fingerprint density at radius 2 is 1.73 bits per heavy atom. The van der Waals surface area contributed by atoms with E-state index in [9.17, 15) is 4.79 Å². The second-order valence-corrected chi connectivity index (χ2v) is 11.0. The lowest BCUT2D eigenvalue weighted by Crippen LogP contribution is -2.25. The number of fused-ring (bicyclic) bond motifs is 3. The molecule has 0 aliphatic rings. The molecule has 0 fully saturated rings. The molecule has 1 amide bonds. The van der Waals surface area contributed by atoms with Crippen LogP contribution in [0.2, 0.25) is 0 Å². The van der Waals surface area contributed by atoms with Crippen LogP contribution in [0.1, 0.15) is 43.0 Å². The number of anilines is 1. The number of ether oxygens (including phenoxy) is 2. The van der Waals surface area contributed by atoms with Crippen molar-refractivity contribution in [2.24, 2.45) is 0 Å². The fourth-order valence-electron chi connectivity index (χ4n) is 4.74. The number of hydrogen-bond acceptors (Lipinski definition) is 8. The maximum Gasteiger partial charge on any atom is 0.237 e. The lowest BCUT2D eigenvalue weighted by Gasteiger charge is -2.16. The van der Waals surface area contributed by atoms with E-state index >= 15 is 0 Å². The van der Waals surface area contributed by atoms with Gasteiger partial charge in [-0.1, -0.05) is 37.7 Å². The molecule has 5 rings (SSSR count). The number of aryl methyl sites for hydroxylation is 5. The van der Waals surface area contributed by atoms with Gasteiger partial charge in [0.2, 0.25) is 5.91 Å². The van der Waals surface area contributed by atoms with Gasteiger partial charge in [-0.3, -0.25) is 9.48 Å². The van der Waals surface area contributed by atoms with Crippen molar-refractivity contribution in [3.05, 3.63) is 65.2 Å². The molecule has 10 nitrogen and oxygen atoms in total. The summed E-state index contributed by atoms with van der Waals surface area (Å²) < 4.78 is 14.8. The van der Waals surface area contributed by atoms with Crippen molar-refractivity contribution in [3.63, 3.8) is 0 Å². The van der Waals surface area contributed by atoms with Gasteiger partial charge in [0, 0.05) is 35.8 Å². The highest BCUT2D eigenvalue weighted by molar-refractivity contribution is 8.00. The van der Waals surface area contributed by atoms with Gasteiger partial charge in [0.1, 0.15) is 0 Å². The smallest absolute Gasteiger partial charge is 0.237 e. The molecule has 0 saturated heterocycles. The van der Waals surface area contributed by atoms with Crippen molar-refractivity contribution in [2.75, 3.05) is 19.5 Å². The molecule has 41 heavy (non-hydrogen) atoms. The molecule has 0 radical (unpaired) electrons. The molecule has 0 spiro atoms. The zero-order valence-electron chi connectivity index (χ0n) is 24.3. The van der Waals surface area contributed by atoms with Crippen molar-refractivity contribution in [1.82, 2.24) is 29.4 Å². The minimum atomic E-state index is -0.392. The average molecular weight is 574 g/mol. The molecule has 11 heteroatoms. The average Bonchev–Trinajstić information content (AvgIpc) is 3.56. The maximum atomic E-state index is 13.3. The van der Waals surface area contributed by atoms with Crippen molar-refractivity contribution in [2.45, 2.75) is 63.9 Å². The fraction of sp³-hybridized carbons (Fsp3) is 0.367. The van der Waals surface area contributed by atoms with E-state index in [-0.39, 0.29) is 5.91 Å². The summed E-state index contributed by atoms with van der Waals surface area (Å²) in [6, 6.07) is 13.7. The predicted molar refractivity (Wildman–Crippen MR) is 161 cm³/mol. The highest BCUT2D eigenvalue weighted by atomic mass is 32.2. The Bertz CT molecular complexity index is 1690. The largest absolute Gasteiger partial charge is 0.493 e. The normalized spacial score (nSPS) is 12.1. The van der Waals surface area contributed by atoms with Crippen LogP contribution >= 0.6 is 11.8 Å². The molecule has 1 N–H and O–H groups in total. The summed E-state index contributed by atoms with van der Waals surface area (Å²) in [6.45, 7) is 8.77. The number of amides is 1. The molecule has 0 aliphatic heterocycles. The van der Waals surface area contributed by atoms with E-state index < -0.39 is 5.25 Å². The summed E-state index contributed by atoms with van der Waals surface area (Å²) in [5, 5.41) is 13.4. The maximum absolute atomic E-state index is 13.3. The molecule has 0 bridgehead atoms. The van der Waals surface area contributed by atoms with Crippen LogP contribution in [-0.4, -0.2) is 54.7 Å². The second-order valence-electron chi connectivity index (χ2n) is 9.84. The third kappa shape index (κ3) is 6.00. The Morgan fingerprint density at radius 3 is 2.37 bits per heavy atom. The van der Waals surface area contributed by atoms with Crippen LogP contribution < -0.4 is 14.8 Å². The Hall–Kier alpha value is -4.12. The Morgan fingerprint density at radius 1 is 1.00 bits per heavy atom. The van der Waals surface area contributed by atoms with E-state index in [1.54, 1.807) is 18.7 Å². The number of nitrogens with zero attached hydrogens (tertiary/aromatic N) is 6. The first-order valence-corrected chi connectivity index (χ1v) is 14.6. The SMILES string of the molecule is CCc1ccc(NC(=O)[C@@H](CC)Sc2nc3cc(OC)c(OC)cc3c3nc(CCn4nc(C)cc4C)nn23)cc1. The van der Waals surface area contributed by atoms with Gasteiger partial charge in [-0.15, -0.1) is 5.10 Å². The van der Waals surface area contributed by atoms with Gasteiger partial charge in [-0.2, -0.15) is 9.61 Å². The van der Waals surface area contributed by atoms with E-state index in [1.165, 1.54) is 17.3 Å². The lowest BCUT2D eigenvalue weighted by atomic mass is 10.1. The van der Waals surface area contributed by atoms with Crippen LogP contribution in [-0.2, 0) is 24.2 Å². The Kier molecular flexibility index (Phi) is 8.44. The summed E-state index contributed by atoms with van der Waals surface area (Å²) in [5.41, 5.74) is 5.39. The first kappa shape index (κ1) is 28.4. The molecule has 214 valence electrons. The first-order valence-electron chi connectivity index (χ1n) is 13.7. The van der Waals surface area contributed by atoms with Gasteiger partial charge < -0.3 is 14.8 Å². The molecule has 1 atom stereocenters. The summed E-state index contributed by atoms with van der Waals surface area (Å²) in [7, 11) is 3.19. The van der Waals surface area contributed by atoms with Crippen LogP contribution in [0.25, 0.3) is 16.6 Å². The number of benzene rings is 2. The number of carbonyl (C=O) groups is 1. The molecule has 0 saturated carbocycles. The van der Waals surface area contributed by atoms with Gasteiger partial charge in [-0.25, -0.2) is 9.97 Å². The quantitative estimate of drug-likeness (QED) is 0.165. The van der Waals surface area contributed by atoms with Gasteiger partial charge in [0.15, 0.2) is 28.1 Å². The minimum Gasteiger partial charge on any atom is -0.493 e. The van der Waals surface area contributed by atoms with E-state index in [0.29, 0.717) is 53.0 Å². The number of hydrogen-bond donors (Lipinski definition) is 1. The third-order valence-electron chi connectivity index (χ3n) is 6.98. The van der Waals surface area contributed by atoms with E-state index in [4.69, 9.17) is 24.5 Å². The number of rotatable bonds is 11. The van der Waals surface area contributed by atoms with E-state index in [0.717, 1.165) is 28.9 Å². The minimum absolute atomic E-state index is 0.0889. The van der Waals surface area contributed by atoms with Crippen molar-refractivity contribution < 1.29 is 14.3 Å². The standard InChI is InChI=1S/C30H35N7O3S/c1-7-20-9-11-21(12-10-20)31-29(38)26(8-2)41-30-32-23-17-25(40-6)24(39-5)16-22(23)28-33-27(35-37(28)30)13-14-36-19(4)15-18(3)34-36/h9-12,15-17,26H,7-8,13-14H2,1-6H3,(H,31,38)/t26-/m1/s1. The van der Waals surface area contributed by atoms with Crippen molar-refractivity contribution >= 4 is 39.9 Å². The van der Waals surface area contributed by atoms with Crippen molar-refractivity contribution in [1.29, 1.82) is 0 Å². The van der Waals surface area contributed by atoms with Gasteiger partial charge >= 0.3 is 0 Å². The highest BCUT2D eigenvalue weighted by Gasteiger charge is 2.24. The molecule has 0 unspecified atom stereocenters. The van der Waals surface area contributed by atoms with E-state index in [1.807, 2.05) is 61.9 Å². The summed E-state index contributed by atoms with van der Waals surface area (Å²) in [5.74, 6) is 1.72. The molecular formula is C30H35N7O3S. The topological polar surface area (TPSA) is 108 Å². The summed E-state index contributed by atoms with van der Waals surface area (Å²) >= 11 is 1.37. The molecular weight excluding hydrogens is 538 g/mol. The first-order chi connectivity index (χ1) is 19.8. The molecule has 3 aromatic heterocycles. The summed E-state index contributed by atoms with van der Waals surface area (Å²) in [6.07, 6.45) is 2.15. The fourth-order valence-corrected chi connectivity index (χ4v) is 5.70. The highest BCUT2D eigenvalue weighted by Crippen LogP contribution is 2.35. The zero-order chi connectivity index (χ0) is 29.1. The number of carbonyl (C=O) groups excluding carboxylic acids is 1. The zero-order valence-corrected chi connectivity index (χ0v) is 25.1. The van der Waals surface area contributed by atoms with Crippen LogP contribution in [0.15, 0.2) is 47.6 Å². The Balaban J connectivity index is 1.51.